The van der Waals surface area contributed by atoms with Gasteiger partial charge in [-0.15, -0.1) is 0 Å². The van der Waals surface area contributed by atoms with Gasteiger partial charge < -0.3 is 15.1 Å². The minimum atomic E-state index is 0.0223. The Morgan fingerprint density at radius 2 is 2.28 bits per heavy atom. The third-order valence-corrected chi connectivity index (χ3v) is 2.93. The van der Waals surface area contributed by atoms with Crippen LogP contribution in [-0.2, 0) is 6.54 Å². The molecule has 1 atom stereocenters. The fourth-order valence-corrected chi connectivity index (χ4v) is 1.84. The van der Waals surface area contributed by atoms with E-state index >= 15 is 0 Å². The highest BCUT2D eigenvalue weighted by Crippen LogP contribution is 2.18. The average Bonchev–Trinajstić information content (AvgIpc) is 2.89. The lowest BCUT2D eigenvalue weighted by molar-refractivity contribution is 0.503. The van der Waals surface area contributed by atoms with E-state index < -0.39 is 0 Å². The molecule has 0 aliphatic rings. The van der Waals surface area contributed by atoms with Crippen LogP contribution in [0.5, 0.6) is 0 Å². The number of furan rings is 1. The second-order valence-electron chi connectivity index (χ2n) is 4.33. The number of hydrogen-bond donors (Lipinski definition) is 1. The molecule has 0 saturated carbocycles. The van der Waals surface area contributed by atoms with E-state index in [-0.39, 0.29) is 6.04 Å². The first-order valence-corrected chi connectivity index (χ1v) is 6.19. The maximum atomic E-state index is 5.90. The zero-order valence-electron chi connectivity index (χ0n) is 10.8. The van der Waals surface area contributed by atoms with Crippen molar-refractivity contribution in [3.8, 4) is 0 Å². The zero-order valence-corrected chi connectivity index (χ0v) is 10.8. The van der Waals surface area contributed by atoms with Gasteiger partial charge in [-0.1, -0.05) is 0 Å². The van der Waals surface area contributed by atoms with E-state index in [1.54, 1.807) is 12.5 Å². The van der Waals surface area contributed by atoms with Crippen molar-refractivity contribution in [1.82, 2.24) is 4.98 Å². The Labute approximate surface area is 107 Å². The van der Waals surface area contributed by atoms with E-state index in [0.29, 0.717) is 0 Å². The average molecular weight is 245 g/mol. The Morgan fingerprint density at radius 3 is 2.89 bits per heavy atom. The SMILES string of the molecule is CCN(Cc1ccco1)c1cc([C@H](C)N)ccn1. The van der Waals surface area contributed by atoms with Crippen molar-refractivity contribution < 1.29 is 4.42 Å². The fourth-order valence-electron chi connectivity index (χ4n) is 1.84. The van der Waals surface area contributed by atoms with Gasteiger partial charge in [-0.3, -0.25) is 0 Å². The van der Waals surface area contributed by atoms with Crippen LogP contribution in [0, 0.1) is 0 Å². The summed E-state index contributed by atoms with van der Waals surface area (Å²) in [4.78, 5) is 6.56. The van der Waals surface area contributed by atoms with Gasteiger partial charge in [-0.05, 0) is 43.7 Å². The molecule has 96 valence electrons. The van der Waals surface area contributed by atoms with Gasteiger partial charge in [0.05, 0.1) is 12.8 Å². The van der Waals surface area contributed by atoms with Crippen LogP contribution in [0.2, 0.25) is 0 Å². The standard InChI is InChI=1S/C14H19N3O/c1-3-17(10-13-5-4-8-18-13)14-9-12(11(2)15)6-7-16-14/h4-9,11H,3,10,15H2,1-2H3/t11-/m0/s1. The molecule has 0 spiro atoms. The number of nitrogens with two attached hydrogens (primary N) is 1. The molecule has 0 amide bonds. The first-order chi connectivity index (χ1) is 8.70. The monoisotopic (exact) mass is 245 g/mol. The Balaban J connectivity index is 2.19. The molecule has 4 nitrogen and oxygen atoms in total. The van der Waals surface area contributed by atoms with Gasteiger partial charge in [0, 0.05) is 18.8 Å². The first-order valence-electron chi connectivity index (χ1n) is 6.19. The Morgan fingerprint density at radius 1 is 1.44 bits per heavy atom. The zero-order chi connectivity index (χ0) is 13.0. The summed E-state index contributed by atoms with van der Waals surface area (Å²) in [6.07, 6.45) is 3.49. The maximum Gasteiger partial charge on any atom is 0.129 e. The predicted octanol–water partition coefficient (Wildman–Crippen LogP) is 2.72. The van der Waals surface area contributed by atoms with Gasteiger partial charge >= 0.3 is 0 Å². The summed E-state index contributed by atoms with van der Waals surface area (Å²) in [7, 11) is 0. The lowest BCUT2D eigenvalue weighted by atomic mass is 10.1. The molecule has 0 aliphatic heterocycles. The molecule has 0 fully saturated rings. The summed E-state index contributed by atoms with van der Waals surface area (Å²) in [6, 6.07) is 7.88. The van der Waals surface area contributed by atoms with Crippen molar-refractivity contribution in [2.45, 2.75) is 26.4 Å². The highest BCUT2D eigenvalue weighted by atomic mass is 16.3. The summed E-state index contributed by atoms with van der Waals surface area (Å²) < 4.78 is 5.37. The molecule has 2 rings (SSSR count). The van der Waals surface area contributed by atoms with Gasteiger partial charge in [0.1, 0.15) is 11.6 Å². The summed E-state index contributed by atoms with van der Waals surface area (Å²) in [5.74, 6) is 1.87. The molecule has 0 saturated heterocycles. The van der Waals surface area contributed by atoms with Crippen LogP contribution in [0.1, 0.15) is 31.2 Å². The smallest absolute Gasteiger partial charge is 0.129 e. The van der Waals surface area contributed by atoms with E-state index in [1.807, 2.05) is 31.2 Å². The summed E-state index contributed by atoms with van der Waals surface area (Å²) in [5, 5.41) is 0. The van der Waals surface area contributed by atoms with Crippen LogP contribution < -0.4 is 10.6 Å². The van der Waals surface area contributed by atoms with E-state index in [1.165, 1.54) is 0 Å². The Hall–Kier alpha value is -1.81. The fraction of sp³-hybridized carbons (Fsp3) is 0.357. The van der Waals surface area contributed by atoms with Crippen molar-refractivity contribution in [3.63, 3.8) is 0 Å². The minimum Gasteiger partial charge on any atom is -0.467 e. The molecular formula is C14H19N3O. The quantitative estimate of drug-likeness (QED) is 0.880. The number of hydrogen-bond acceptors (Lipinski definition) is 4. The molecule has 2 heterocycles. The lowest BCUT2D eigenvalue weighted by Crippen LogP contribution is -2.23. The van der Waals surface area contributed by atoms with Gasteiger partial charge in [0.15, 0.2) is 0 Å². The van der Waals surface area contributed by atoms with Crippen LogP contribution in [0.3, 0.4) is 0 Å². The summed E-state index contributed by atoms with van der Waals surface area (Å²) in [6.45, 7) is 5.67. The lowest BCUT2D eigenvalue weighted by Gasteiger charge is -2.21. The number of anilines is 1. The number of aromatic nitrogens is 1. The molecule has 0 aromatic carbocycles. The van der Waals surface area contributed by atoms with Crippen LogP contribution in [0.15, 0.2) is 41.1 Å². The first kappa shape index (κ1) is 12.6. The number of nitrogens with zero attached hydrogens (tertiary/aromatic N) is 2. The molecule has 0 bridgehead atoms. The highest BCUT2D eigenvalue weighted by Gasteiger charge is 2.10. The van der Waals surface area contributed by atoms with Gasteiger partial charge in [0.2, 0.25) is 0 Å². The topological polar surface area (TPSA) is 55.3 Å². The van der Waals surface area contributed by atoms with Crippen molar-refractivity contribution in [2.75, 3.05) is 11.4 Å². The molecular weight excluding hydrogens is 226 g/mol. The molecule has 4 heteroatoms. The van der Waals surface area contributed by atoms with Gasteiger partial charge in [-0.2, -0.15) is 0 Å². The second-order valence-corrected chi connectivity index (χ2v) is 4.33. The van der Waals surface area contributed by atoms with Crippen LogP contribution >= 0.6 is 0 Å². The third kappa shape index (κ3) is 2.90. The van der Waals surface area contributed by atoms with E-state index in [2.05, 4.69) is 16.8 Å². The van der Waals surface area contributed by atoms with E-state index in [4.69, 9.17) is 10.2 Å². The van der Waals surface area contributed by atoms with Crippen molar-refractivity contribution >= 4 is 5.82 Å². The Bertz CT molecular complexity index is 480. The van der Waals surface area contributed by atoms with Gasteiger partial charge in [-0.25, -0.2) is 4.98 Å². The largest absolute Gasteiger partial charge is 0.467 e. The molecule has 0 radical (unpaired) electrons. The minimum absolute atomic E-state index is 0.0223. The number of rotatable bonds is 5. The van der Waals surface area contributed by atoms with Crippen molar-refractivity contribution in [2.24, 2.45) is 5.73 Å². The molecule has 0 unspecified atom stereocenters. The maximum absolute atomic E-state index is 5.90. The van der Waals surface area contributed by atoms with E-state index in [0.717, 1.165) is 30.2 Å². The Kier molecular flexibility index (Phi) is 3.99. The third-order valence-electron chi connectivity index (χ3n) is 2.93. The molecule has 2 aromatic heterocycles. The summed E-state index contributed by atoms with van der Waals surface area (Å²) in [5.41, 5.74) is 6.99. The van der Waals surface area contributed by atoms with Crippen LogP contribution in [0.25, 0.3) is 0 Å². The van der Waals surface area contributed by atoms with Crippen LogP contribution in [0.4, 0.5) is 5.82 Å². The molecule has 18 heavy (non-hydrogen) atoms. The number of pyridine rings is 1. The predicted molar refractivity (Wildman–Crippen MR) is 72.3 cm³/mol. The van der Waals surface area contributed by atoms with Crippen molar-refractivity contribution in [1.29, 1.82) is 0 Å². The second kappa shape index (κ2) is 5.69. The molecule has 2 aromatic rings. The summed E-state index contributed by atoms with van der Waals surface area (Å²) >= 11 is 0. The van der Waals surface area contributed by atoms with Gasteiger partial charge in [0.25, 0.3) is 0 Å². The van der Waals surface area contributed by atoms with E-state index in [9.17, 15) is 0 Å². The normalized spacial score (nSPS) is 12.4. The molecule has 2 N–H and O–H groups in total. The highest BCUT2D eigenvalue weighted by molar-refractivity contribution is 5.41. The van der Waals surface area contributed by atoms with Crippen LogP contribution in [-0.4, -0.2) is 11.5 Å². The molecule has 0 aliphatic carbocycles. The van der Waals surface area contributed by atoms with Crippen molar-refractivity contribution in [3.05, 3.63) is 48.0 Å².